The van der Waals surface area contributed by atoms with Crippen LogP contribution in [0.5, 0.6) is 11.5 Å². The van der Waals surface area contributed by atoms with Gasteiger partial charge in [0, 0.05) is 19.5 Å². The smallest absolute Gasteiger partial charge is 0.239 e. The molecule has 0 atom stereocenters. The van der Waals surface area contributed by atoms with Crippen LogP contribution in [0.3, 0.4) is 0 Å². The van der Waals surface area contributed by atoms with Gasteiger partial charge in [0.05, 0.1) is 6.54 Å². The predicted molar refractivity (Wildman–Crippen MR) is 83.4 cm³/mol. The van der Waals surface area contributed by atoms with Crippen LogP contribution in [0, 0.1) is 5.82 Å². The zero-order valence-corrected chi connectivity index (χ0v) is 12.6. The van der Waals surface area contributed by atoms with Gasteiger partial charge in [-0.2, -0.15) is 0 Å². The van der Waals surface area contributed by atoms with Crippen molar-refractivity contribution in [1.29, 1.82) is 0 Å². The van der Waals surface area contributed by atoms with Crippen molar-refractivity contribution in [2.45, 2.75) is 13.5 Å². The second-order valence-corrected chi connectivity index (χ2v) is 4.89. The lowest BCUT2D eigenvalue weighted by atomic mass is 10.2. The van der Waals surface area contributed by atoms with Crippen LogP contribution in [0.4, 0.5) is 4.39 Å². The van der Waals surface area contributed by atoms with Gasteiger partial charge in [-0.1, -0.05) is 18.2 Å². The highest BCUT2D eigenvalue weighted by Gasteiger charge is 2.03. The summed E-state index contributed by atoms with van der Waals surface area (Å²) >= 11 is 0. The zero-order valence-electron chi connectivity index (χ0n) is 12.6. The molecule has 23 heavy (non-hydrogen) atoms. The van der Waals surface area contributed by atoms with E-state index in [1.165, 1.54) is 19.1 Å². The van der Waals surface area contributed by atoms with Gasteiger partial charge < -0.3 is 15.4 Å². The molecule has 0 unspecified atom stereocenters. The van der Waals surface area contributed by atoms with Gasteiger partial charge in [-0.25, -0.2) is 4.39 Å². The molecule has 0 heterocycles. The van der Waals surface area contributed by atoms with E-state index < -0.39 is 0 Å². The van der Waals surface area contributed by atoms with Crippen LogP contribution >= 0.6 is 0 Å². The third kappa shape index (κ3) is 5.78. The summed E-state index contributed by atoms with van der Waals surface area (Å²) in [6.07, 6.45) is 0. The van der Waals surface area contributed by atoms with Crippen molar-refractivity contribution < 1.29 is 18.7 Å². The number of carbonyl (C=O) groups is 2. The molecular formula is C17H17FN2O3. The van der Waals surface area contributed by atoms with Gasteiger partial charge in [0.15, 0.2) is 0 Å². The van der Waals surface area contributed by atoms with E-state index in [0.717, 1.165) is 5.56 Å². The Balaban J connectivity index is 1.84. The van der Waals surface area contributed by atoms with Crippen LogP contribution < -0.4 is 15.4 Å². The maximum absolute atomic E-state index is 13.1. The van der Waals surface area contributed by atoms with Gasteiger partial charge in [-0.15, -0.1) is 0 Å². The van der Waals surface area contributed by atoms with E-state index in [4.69, 9.17) is 4.74 Å². The van der Waals surface area contributed by atoms with Crippen molar-refractivity contribution in [3.8, 4) is 11.5 Å². The zero-order chi connectivity index (χ0) is 16.7. The van der Waals surface area contributed by atoms with Crippen LogP contribution in [0.25, 0.3) is 0 Å². The molecule has 2 aromatic rings. The van der Waals surface area contributed by atoms with Crippen LogP contribution in [0.15, 0.2) is 48.5 Å². The molecule has 2 rings (SSSR count). The fourth-order valence-electron chi connectivity index (χ4n) is 1.81. The van der Waals surface area contributed by atoms with Crippen LogP contribution in [0.2, 0.25) is 0 Å². The van der Waals surface area contributed by atoms with Crippen molar-refractivity contribution >= 4 is 11.8 Å². The van der Waals surface area contributed by atoms with Gasteiger partial charge >= 0.3 is 0 Å². The molecule has 2 aromatic carbocycles. The topological polar surface area (TPSA) is 67.4 Å². The molecule has 0 aliphatic carbocycles. The molecule has 0 aromatic heterocycles. The SMILES string of the molecule is CC(=O)NCC(=O)NCc1ccc(Oc2cccc(F)c2)cc1. The summed E-state index contributed by atoms with van der Waals surface area (Å²) in [5.41, 5.74) is 0.882. The van der Waals surface area contributed by atoms with Gasteiger partial charge in [-0.05, 0) is 29.8 Å². The van der Waals surface area contributed by atoms with Crippen LogP contribution in [-0.2, 0) is 16.1 Å². The molecule has 0 radical (unpaired) electrons. The molecule has 6 heteroatoms. The highest BCUT2D eigenvalue weighted by Crippen LogP contribution is 2.22. The molecule has 0 bridgehead atoms. The fraction of sp³-hybridized carbons (Fsp3) is 0.176. The largest absolute Gasteiger partial charge is 0.457 e. The molecule has 0 aliphatic heterocycles. The normalized spacial score (nSPS) is 10.0. The number of halogens is 1. The molecule has 0 spiro atoms. The Hall–Kier alpha value is -2.89. The molecule has 2 N–H and O–H groups in total. The first-order chi connectivity index (χ1) is 11.0. The molecule has 0 aliphatic rings. The van der Waals surface area contributed by atoms with Gasteiger partial charge in [0.25, 0.3) is 0 Å². The molecule has 120 valence electrons. The van der Waals surface area contributed by atoms with Crippen molar-refractivity contribution in [3.63, 3.8) is 0 Å². The van der Waals surface area contributed by atoms with Gasteiger partial charge in [0.2, 0.25) is 11.8 Å². The number of nitrogens with one attached hydrogen (secondary N) is 2. The van der Waals surface area contributed by atoms with Crippen molar-refractivity contribution in [1.82, 2.24) is 10.6 Å². The lowest BCUT2D eigenvalue weighted by Gasteiger charge is -2.08. The monoisotopic (exact) mass is 316 g/mol. The Morgan fingerprint density at radius 2 is 1.78 bits per heavy atom. The molecule has 0 saturated heterocycles. The minimum Gasteiger partial charge on any atom is -0.457 e. The number of ether oxygens (including phenoxy) is 1. The standard InChI is InChI=1S/C17H17FN2O3/c1-12(21)19-11-17(22)20-10-13-5-7-15(8-6-13)23-16-4-2-3-14(18)9-16/h2-9H,10-11H2,1H3,(H,19,21)(H,20,22). The van der Waals surface area contributed by atoms with E-state index in [2.05, 4.69) is 10.6 Å². The van der Waals surface area contributed by atoms with Crippen molar-refractivity contribution in [3.05, 3.63) is 59.9 Å². The molecule has 0 saturated carbocycles. The van der Waals surface area contributed by atoms with E-state index in [-0.39, 0.29) is 24.2 Å². The summed E-state index contributed by atoms with van der Waals surface area (Å²) in [6, 6.07) is 13.0. The van der Waals surface area contributed by atoms with Gasteiger partial charge in [-0.3, -0.25) is 9.59 Å². The minimum atomic E-state index is -0.360. The second kappa shape index (κ2) is 7.93. The minimum absolute atomic E-state index is 0.0455. The quantitative estimate of drug-likeness (QED) is 0.860. The first kappa shape index (κ1) is 16.5. The maximum atomic E-state index is 13.1. The third-order valence-electron chi connectivity index (χ3n) is 2.94. The van der Waals surface area contributed by atoms with Crippen molar-refractivity contribution in [2.24, 2.45) is 0 Å². The maximum Gasteiger partial charge on any atom is 0.239 e. The highest BCUT2D eigenvalue weighted by atomic mass is 19.1. The fourth-order valence-corrected chi connectivity index (χ4v) is 1.81. The molecule has 0 fully saturated rings. The van der Waals surface area contributed by atoms with Gasteiger partial charge in [0.1, 0.15) is 17.3 Å². The summed E-state index contributed by atoms with van der Waals surface area (Å²) in [4.78, 5) is 22.2. The average Bonchev–Trinajstić information content (AvgIpc) is 2.52. The number of amides is 2. The van der Waals surface area contributed by atoms with E-state index in [0.29, 0.717) is 18.0 Å². The lowest BCUT2D eigenvalue weighted by Crippen LogP contribution is -2.35. The van der Waals surface area contributed by atoms with E-state index in [9.17, 15) is 14.0 Å². The number of benzene rings is 2. The average molecular weight is 316 g/mol. The summed E-state index contributed by atoms with van der Waals surface area (Å²) in [5, 5.41) is 5.11. The molecule has 2 amide bonds. The summed E-state index contributed by atoms with van der Waals surface area (Å²) in [5.74, 6) is 0.116. The Morgan fingerprint density at radius 3 is 2.43 bits per heavy atom. The summed E-state index contributed by atoms with van der Waals surface area (Å²) < 4.78 is 18.6. The second-order valence-electron chi connectivity index (χ2n) is 4.89. The Kier molecular flexibility index (Phi) is 5.68. The molecule has 5 nitrogen and oxygen atoms in total. The number of hydrogen-bond acceptors (Lipinski definition) is 3. The Labute approximate surface area is 133 Å². The number of hydrogen-bond donors (Lipinski definition) is 2. The molecular weight excluding hydrogens is 299 g/mol. The van der Waals surface area contributed by atoms with E-state index >= 15 is 0 Å². The highest BCUT2D eigenvalue weighted by molar-refractivity contribution is 5.83. The third-order valence-corrected chi connectivity index (χ3v) is 2.94. The Bertz CT molecular complexity index is 686. The number of carbonyl (C=O) groups excluding carboxylic acids is 2. The number of rotatable bonds is 6. The van der Waals surface area contributed by atoms with E-state index in [1.54, 1.807) is 36.4 Å². The van der Waals surface area contributed by atoms with Crippen molar-refractivity contribution in [2.75, 3.05) is 6.54 Å². The van der Waals surface area contributed by atoms with E-state index in [1.807, 2.05) is 0 Å². The first-order valence-electron chi connectivity index (χ1n) is 7.06. The predicted octanol–water partition coefficient (Wildman–Crippen LogP) is 2.37. The van der Waals surface area contributed by atoms with Crippen LogP contribution in [-0.4, -0.2) is 18.4 Å². The Morgan fingerprint density at radius 1 is 1.04 bits per heavy atom. The lowest BCUT2D eigenvalue weighted by molar-refractivity contribution is -0.125. The summed E-state index contributed by atoms with van der Waals surface area (Å²) in [6.45, 7) is 1.65. The first-order valence-corrected chi connectivity index (χ1v) is 7.06. The summed E-state index contributed by atoms with van der Waals surface area (Å²) in [7, 11) is 0. The van der Waals surface area contributed by atoms with Crippen LogP contribution in [0.1, 0.15) is 12.5 Å².